The van der Waals surface area contributed by atoms with Crippen LogP contribution < -0.4 is 5.73 Å². The van der Waals surface area contributed by atoms with Crippen LogP contribution >= 0.6 is 24.8 Å². The molecule has 0 aromatic heterocycles. The van der Waals surface area contributed by atoms with Crippen LogP contribution in [0.3, 0.4) is 0 Å². The van der Waals surface area contributed by atoms with Crippen LogP contribution in [-0.2, 0) is 0 Å². The SMILES string of the molecule is Cl.Cl.Nc1ccc(C=CCN2CCC(=C3c4ccccc4C=Cc4ccccc43)CC2)cc1. The van der Waals surface area contributed by atoms with Gasteiger partial charge in [-0.25, -0.2) is 0 Å². The summed E-state index contributed by atoms with van der Waals surface area (Å²) in [5.41, 5.74) is 16.2. The van der Waals surface area contributed by atoms with Crippen LogP contribution in [0.2, 0.25) is 0 Å². The maximum Gasteiger partial charge on any atom is 0.0314 e. The first kappa shape index (κ1) is 24.9. The van der Waals surface area contributed by atoms with E-state index in [-0.39, 0.29) is 24.8 Å². The van der Waals surface area contributed by atoms with Crippen LogP contribution in [0, 0.1) is 0 Å². The van der Waals surface area contributed by atoms with Crippen LogP contribution in [-0.4, -0.2) is 24.5 Å². The smallest absolute Gasteiger partial charge is 0.0314 e. The number of anilines is 1. The van der Waals surface area contributed by atoms with Crippen molar-refractivity contribution in [1.82, 2.24) is 4.90 Å². The van der Waals surface area contributed by atoms with Gasteiger partial charge < -0.3 is 5.73 Å². The van der Waals surface area contributed by atoms with E-state index < -0.39 is 0 Å². The second kappa shape index (κ2) is 11.4. The Morgan fingerprint density at radius 1 is 0.727 bits per heavy atom. The number of rotatable bonds is 3. The van der Waals surface area contributed by atoms with E-state index in [2.05, 4.69) is 89.9 Å². The first-order valence-electron chi connectivity index (χ1n) is 11.1. The third-order valence-corrected chi connectivity index (χ3v) is 6.33. The Morgan fingerprint density at radius 2 is 1.27 bits per heavy atom. The zero-order chi connectivity index (χ0) is 21.0. The second-order valence-electron chi connectivity index (χ2n) is 8.36. The molecular formula is C29H30Cl2N2. The van der Waals surface area contributed by atoms with Crippen molar-refractivity contribution in [3.05, 3.63) is 112 Å². The minimum atomic E-state index is 0. The van der Waals surface area contributed by atoms with Crippen molar-refractivity contribution in [2.75, 3.05) is 25.4 Å². The Bertz CT molecular complexity index is 1110. The zero-order valence-electron chi connectivity index (χ0n) is 18.6. The van der Waals surface area contributed by atoms with E-state index >= 15 is 0 Å². The van der Waals surface area contributed by atoms with Crippen LogP contribution in [0.4, 0.5) is 5.69 Å². The summed E-state index contributed by atoms with van der Waals surface area (Å²) in [6, 6.07) is 25.7. The molecule has 3 aromatic carbocycles. The van der Waals surface area contributed by atoms with Crippen LogP contribution in [0.1, 0.15) is 40.7 Å². The molecule has 33 heavy (non-hydrogen) atoms. The fraction of sp³-hybridized carbons (Fsp3) is 0.172. The molecule has 0 atom stereocenters. The van der Waals surface area contributed by atoms with Crippen molar-refractivity contribution in [3.8, 4) is 0 Å². The van der Waals surface area contributed by atoms with Gasteiger partial charge in [0.25, 0.3) is 0 Å². The van der Waals surface area contributed by atoms with Gasteiger partial charge in [0, 0.05) is 25.3 Å². The molecule has 2 nitrogen and oxygen atoms in total. The first-order chi connectivity index (χ1) is 15.3. The number of halogens is 2. The lowest BCUT2D eigenvalue weighted by molar-refractivity contribution is 0.284. The highest BCUT2D eigenvalue weighted by atomic mass is 35.5. The predicted molar refractivity (Wildman–Crippen MR) is 148 cm³/mol. The number of hydrogen-bond acceptors (Lipinski definition) is 2. The first-order valence-corrected chi connectivity index (χ1v) is 11.1. The summed E-state index contributed by atoms with van der Waals surface area (Å²) in [6.07, 6.45) is 11.2. The maximum atomic E-state index is 5.78. The Balaban J connectivity index is 0.00000153. The largest absolute Gasteiger partial charge is 0.399 e. The minimum Gasteiger partial charge on any atom is -0.399 e. The summed E-state index contributed by atoms with van der Waals surface area (Å²) in [7, 11) is 0. The highest BCUT2D eigenvalue weighted by molar-refractivity contribution is 5.94. The third kappa shape index (κ3) is 5.59. The van der Waals surface area contributed by atoms with E-state index in [0.717, 1.165) is 38.2 Å². The Morgan fingerprint density at radius 3 is 1.85 bits per heavy atom. The van der Waals surface area contributed by atoms with Crippen LogP contribution in [0.5, 0.6) is 0 Å². The number of likely N-dealkylation sites (tertiary alicyclic amines) is 1. The molecule has 3 aromatic rings. The number of hydrogen-bond donors (Lipinski definition) is 1. The number of nitrogens with two attached hydrogens (primary N) is 1. The summed E-state index contributed by atoms with van der Waals surface area (Å²) in [4.78, 5) is 2.55. The van der Waals surface area contributed by atoms with Gasteiger partial charge in [-0.05, 0) is 58.4 Å². The van der Waals surface area contributed by atoms with Crippen molar-refractivity contribution in [2.45, 2.75) is 12.8 Å². The standard InChI is InChI=1S/C29H28N2.2ClH/c30-26-15-11-22(12-16-26)6-5-19-31-20-17-25(18-21-31)29-27-9-3-1-7-23(27)13-14-24-8-2-4-10-28(24)29;;/h1-16H,17-21,30H2;2*1H. The van der Waals surface area contributed by atoms with Crippen LogP contribution in [0.15, 0.2) is 84.4 Å². The van der Waals surface area contributed by atoms with Crippen LogP contribution in [0.25, 0.3) is 23.8 Å². The average molecular weight is 477 g/mol. The summed E-state index contributed by atoms with van der Waals surface area (Å²) >= 11 is 0. The maximum absolute atomic E-state index is 5.78. The van der Waals surface area contributed by atoms with Crippen molar-refractivity contribution in [2.24, 2.45) is 0 Å². The van der Waals surface area contributed by atoms with Gasteiger partial charge in [-0.1, -0.05) is 90.5 Å². The van der Waals surface area contributed by atoms with Gasteiger partial charge >= 0.3 is 0 Å². The summed E-state index contributed by atoms with van der Waals surface area (Å²) in [5.74, 6) is 0. The lowest BCUT2D eigenvalue weighted by Gasteiger charge is -2.29. The average Bonchev–Trinajstić information content (AvgIpc) is 2.98. The molecule has 0 bridgehead atoms. The molecule has 0 unspecified atom stereocenters. The molecule has 0 radical (unpaired) electrons. The fourth-order valence-electron chi connectivity index (χ4n) is 4.65. The van der Waals surface area contributed by atoms with E-state index in [9.17, 15) is 0 Å². The van der Waals surface area contributed by atoms with Gasteiger partial charge in [-0.2, -0.15) is 0 Å². The van der Waals surface area contributed by atoms with E-state index in [1.165, 1.54) is 33.4 Å². The number of fused-ring (bicyclic) bond motifs is 2. The highest BCUT2D eigenvalue weighted by Gasteiger charge is 2.21. The summed E-state index contributed by atoms with van der Waals surface area (Å²) < 4.78 is 0. The van der Waals surface area contributed by atoms with E-state index in [1.54, 1.807) is 5.57 Å². The molecule has 4 heteroatoms. The lowest BCUT2D eigenvalue weighted by atomic mass is 9.86. The van der Waals surface area contributed by atoms with Crippen molar-refractivity contribution in [3.63, 3.8) is 0 Å². The Kier molecular flexibility index (Phi) is 8.57. The predicted octanol–water partition coefficient (Wildman–Crippen LogP) is 7.21. The van der Waals surface area contributed by atoms with Gasteiger partial charge in [-0.15, -0.1) is 24.8 Å². The molecule has 0 spiro atoms. The fourth-order valence-corrected chi connectivity index (χ4v) is 4.65. The molecule has 0 saturated carbocycles. The molecule has 170 valence electrons. The molecule has 1 aliphatic heterocycles. The van der Waals surface area contributed by atoms with E-state index in [0.29, 0.717) is 0 Å². The number of piperidine rings is 1. The highest BCUT2D eigenvalue weighted by Crippen LogP contribution is 2.38. The zero-order valence-corrected chi connectivity index (χ0v) is 20.2. The van der Waals surface area contributed by atoms with Gasteiger partial charge in [0.15, 0.2) is 0 Å². The molecule has 1 heterocycles. The third-order valence-electron chi connectivity index (χ3n) is 6.33. The summed E-state index contributed by atoms with van der Waals surface area (Å²) in [5, 5.41) is 0. The van der Waals surface area contributed by atoms with Crippen molar-refractivity contribution in [1.29, 1.82) is 0 Å². The van der Waals surface area contributed by atoms with Gasteiger partial charge in [0.2, 0.25) is 0 Å². The number of benzene rings is 3. The second-order valence-corrected chi connectivity index (χ2v) is 8.36. The van der Waals surface area contributed by atoms with E-state index in [4.69, 9.17) is 5.73 Å². The topological polar surface area (TPSA) is 29.3 Å². The number of nitrogen functional groups attached to an aromatic ring is 1. The van der Waals surface area contributed by atoms with Gasteiger partial charge in [0.05, 0.1) is 0 Å². The molecule has 1 aliphatic carbocycles. The quantitative estimate of drug-likeness (QED) is 0.316. The lowest BCUT2D eigenvalue weighted by Crippen LogP contribution is -2.31. The van der Waals surface area contributed by atoms with Gasteiger partial charge in [-0.3, -0.25) is 4.90 Å². The normalized spacial score (nSPS) is 15.3. The Labute approximate surface area is 209 Å². The number of nitrogens with zero attached hydrogens (tertiary/aromatic N) is 1. The van der Waals surface area contributed by atoms with Gasteiger partial charge in [0.1, 0.15) is 0 Å². The molecule has 2 aliphatic rings. The summed E-state index contributed by atoms with van der Waals surface area (Å²) in [6.45, 7) is 3.19. The monoisotopic (exact) mass is 476 g/mol. The van der Waals surface area contributed by atoms with Crippen molar-refractivity contribution >= 4 is 54.3 Å². The molecule has 1 fully saturated rings. The molecule has 2 N–H and O–H groups in total. The van der Waals surface area contributed by atoms with E-state index in [1.807, 2.05) is 12.1 Å². The van der Waals surface area contributed by atoms with Crippen molar-refractivity contribution < 1.29 is 0 Å². The molecule has 1 saturated heterocycles. The molecular weight excluding hydrogens is 447 g/mol. The minimum absolute atomic E-state index is 0. The molecule has 5 rings (SSSR count). The Hall–Kier alpha value is -2.78. The molecule has 0 amide bonds.